The Bertz CT molecular complexity index is 725. The Morgan fingerprint density at radius 2 is 1.82 bits per heavy atom. The maximum absolute atomic E-state index is 11.2. The summed E-state index contributed by atoms with van der Waals surface area (Å²) in [7, 11) is 0. The van der Waals surface area contributed by atoms with Crippen LogP contribution in [0.15, 0.2) is 48.5 Å². The van der Waals surface area contributed by atoms with Gasteiger partial charge in [0.2, 0.25) is 0 Å². The zero-order valence-electron chi connectivity index (χ0n) is 12.0. The molecule has 0 bridgehead atoms. The van der Waals surface area contributed by atoms with Crippen LogP contribution in [0.1, 0.15) is 24.5 Å². The quantitative estimate of drug-likeness (QED) is 0.355. The molecule has 2 aromatic carbocycles. The Balaban J connectivity index is 2.21. The third kappa shape index (κ3) is 4.21. The summed E-state index contributed by atoms with van der Waals surface area (Å²) in [4.78, 5) is 11.2. The first-order valence-corrected chi connectivity index (χ1v) is 7.18. The Morgan fingerprint density at radius 3 is 2.36 bits per heavy atom. The van der Waals surface area contributed by atoms with E-state index in [4.69, 9.17) is 16.3 Å². The van der Waals surface area contributed by atoms with Gasteiger partial charge < -0.3 is 4.74 Å². The number of halogens is 1. The molecule has 22 heavy (non-hydrogen) atoms. The van der Waals surface area contributed by atoms with Crippen molar-refractivity contribution in [3.63, 3.8) is 0 Å². The van der Waals surface area contributed by atoms with Crippen molar-refractivity contribution in [3.05, 3.63) is 64.7 Å². The van der Waals surface area contributed by atoms with Crippen molar-refractivity contribution in [1.82, 2.24) is 0 Å². The fourth-order valence-electron chi connectivity index (χ4n) is 1.81. The van der Waals surface area contributed by atoms with E-state index in [-0.39, 0.29) is 5.97 Å². The Kier molecular flexibility index (Phi) is 5.35. The lowest BCUT2D eigenvalue weighted by Crippen LogP contribution is -2.05. The molecule has 0 saturated heterocycles. The minimum atomic E-state index is -0.276. The van der Waals surface area contributed by atoms with E-state index in [1.165, 1.54) is 0 Å². The summed E-state index contributed by atoms with van der Waals surface area (Å²) in [6.07, 6.45) is 2.10. The zero-order valence-corrected chi connectivity index (χ0v) is 12.8. The fourth-order valence-corrected chi connectivity index (χ4v) is 1.94. The third-order valence-electron chi connectivity index (χ3n) is 2.99. The first kappa shape index (κ1) is 15.8. The molecular formula is C18H14ClNO2. The number of esters is 1. The molecule has 2 rings (SSSR count). The van der Waals surface area contributed by atoms with E-state index in [1.807, 2.05) is 0 Å². The SMILES string of the molecule is CCC(=O)Oc1ccc(/C=C(/C#N)c2ccc(Cl)cc2)cc1. The molecule has 0 atom stereocenters. The van der Waals surface area contributed by atoms with Crippen molar-refractivity contribution >= 4 is 29.2 Å². The van der Waals surface area contributed by atoms with E-state index >= 15 is 0 Å². The van der Waals surface area contributed by atoms with E-state index in [0.717, 1.165) is 11.1 Å². The molecule has 110 valence electrons. The van der Waals surface area contributed by atoms with Gasteiger partial charge in [-0.1, -0.05) is 42.8 Å². The highest BCUT2D eigenvalue weighted by Crippen LogP contribution is 2.21. The van der Waals surface area contributed by atoms with Crippen LogP contribution in [-0.4, -0.2) is 5.97 Å². The second-order valence-corrected chi connectivity index (χ2v) is 5.01. The van der Waals surface area contributed by atoms with Crippen LogP contribution in [0.3, 0.4) is 0 Å². The van der Waals surface area contributed by atoms with Gasteiger partial charge in [-0.05, 0) is 41.5 Å². The Morgan fingerprint density at radius 1 is 1.18 bits per heavy atom. The van der Waals surface area contributed by atoms with Gasteiger partial charge in [-0.3, -0.25) is 4.79 Å². The molecule has 0 heterocycles. The predicted octanol–water partition coefficient (Wildman–Crippen LogP) is 4.72. The van der Waals surface area contributed by atoms with E-state index in [9.17, 15) is 10.1 Å². The molecule has 0 unspecified atom stereocenters. The maximum atomic E-state index is 11.2. The lowest BCUT2D eigenvalue weighted by Gasteiger charge is -2.03. The van der Waals surface area contributed by atoms with Crippen molar-refractivity contribution < 1.29 is 9.53 Å². The number of carbonyl (C=O) groups excluding carboxylic acids is 1. The van der Waals surface area contributed by atoms with Crippen LogP contribution in [0.4, 0.5) is 0 Å². The van der Waals surface area contributed by atoms with Crippen molar-refractivity contribution in [2.45, 2.75) is 13.3 Å². The zero-order chi connectivity index (χ0) is 15.9. The number of carbonyl (C=O) groups is 1. The average Bonchev–Trinajstić information content (AvgIpc) is 2.55. The van der Waals surface area contributed by atoms with Crippen LogP contribution in [0, 0.1) is 11.3 Å². The van der Waals surface area contributed by atoms with Crippen LogP contribution >= 0.6 is 11.6 Å². The normalized spacial score (nSPS) is 10.9. The molecule has 4 heteroatoms. The molecule has 3 nitrogen and oxygen atoms in total. The van der Waals surface area contributed by atoms with Gasteiger partial charge in [0.1, 0.15) is 5.75 Å². The van der Waals surface area contributed by atoms with Crippen molar-refractivity contribution in [3.8, 4) is 11.8 Å². The summed E-state index contributed by atoms with van der Waals surface area (Å²) in [5.74, 6) is 0.219. The van der Waals surface area contributed by atoms with E-state index in [1.54, 1.807) is 61.5 Å². The van der Waals surface area contributed by atoms with Crippen molar-refractivity contribution in [2.75, 3.05) is 0 Å². The highest BCUT2D eigenvalue weighted by atomic mass is 35.5. The molecule has 0 N–H and O–H groups in total. The molecule has 0 saturated carbocycles. The minimum Gasteiger partial charge on any atom is -0.427 e. The van der Waals surface area contributed by atoms with Crippen LogP contribution in [0.2, 0.25) is 5.02 Å². The highest BCUT2D eigenvalue weighted by molar-refractivity contribution is 6.30. The van der Waals surface area contributed by atoms with Gasteiger partial charge in [0.15, 0.2) is 0 Å². The van der Waals surface area contributed by atoms with Crippen LogP contribution < -0.4 is 4.74 Å². The van der Waals surface area contributed by atoms with Gasteiger partial charge >= 0.3 is 5.97 Å². The van der Waals surface area contributed by atoms with Gasteiger partial charge in [0.05, 0.1) is 11.6 Å². The summed E-state index contributed by atoms with van der Waals surface area (Å²) in [5, 5.41) is 9.92. The summed E-state index contributed by atoms with van der Waals surface area (Å²) in [6.45, 7) is 1.74. The number of hydrogen-bond donors (Lipinski definition) is 0. The van der Waals surface area contributed by atoms with Crippen molar-refractivity contribution in [1.29, 1.82) is 5.26 Å². The molecule has 0 spiro atoms. The largest absolute Gasteiger partial charge is 0.427 e. The number of nitriles is 1. The summed E-state index contributed by atoms with van der Waals surface area (Å²) in [5.41, 5.74) is 2.19. The second kappa shape index (κ2) is 7.44. The van der Waals surface area contributed by atoms with Crippen LogP contribution in [-0.2, 0) is 4.79 Å². The molecule has 2 aromatic rings. The van der Waals surface area contributed by atoms with Crippen LogP contribution in [0.5, 0.6) is 5.75 Å². The lowest BCUT2D eigenvalue weighted by atomic mass is 10.0. The van der Waals surface area contributed by atoms with Gasteiger partial charge in [-0.15, -0.1) is 0 Å². The molecule has 0 amide bonds. The Hall–Kier alpha value is -2.57. The van der Waals surface area contributed by atoms with Gasteiger partial charge in [0, 0.05) is 11.4 Å². The smallest absolute Gasteiger partial charge is 0.310 e. The van der Waals surface area contributed by atoms with E-state index in [0.29, 0.717) is 22.8 Å². The first-order valence-electron chi connectivity index (χ1n) is 6.81. The Labute approximate surface area is 134 Å². The summed E-state index contributed by atoms with van der Waals surface area (Å²) in [6, 6.07) is 16.3. The van der Waals surface area contributed by atoms with Gasteiger partial charge in [-0.25, -0.2) is 0 Å². The average molecular weight is 312 g/mol. The number of rotatable bonds is 4. The summed E-state index contributed by atoms with van der Waals surface area (Å²) < 4.78 is 5.11. The van der Waals surface area contributed by atoms with Crippen molar-refractivity contribution in [2.24, 2.45) is 0 Å². The minimum absolute atomic E-state index is 0.276. The fraction of sp³-hybridized carbons (Fsp3) is 0.111. The maximum Gasteiger partial charge on any atom is 0.310 e. The lowest BCUT2D eigenvalue weighted by molar-refractivity contribution is -0.134. The second-order valence-electron chi connectivity index (χ2n) is 4.57. The first-order chi connectivity index (χ1) is 10.6. The van der Waals surface area contributed by atoms with E-state index < -0.39 is 0 Å². The molecule has 0 aliphatic heterocycles. The van der Waals surface area contributed by atoms with Gasteiger partial charge in [0.25, 0.3) is 0 Å². The molecule has 0 fully saturated rings. The molecule has 0 aromatic heterocycles. The standard InChI is InChI=1S/C18H14ClNO2/c1-2-18(21)22-17-9-3-13(4-10-17)11-15(12-20)14-5-7-16(19)8-6-14/h3-11H,2H2,1H3/b15-11-. The van der Waals surface area contributed by atoms with Gasteiger partial charge in [-0.2, -0.15) is 5.26 Å². The highest BCUT2D eigenvalue weighted by Gasteiger charge is 2.03. The number of ether oxygens (including phenoxy) is 1. The number of hydrogen-bond acceptors (Lipinski definition) is 3. The topological polar surface area (TPSA) is 50.1 Å². The van der Waals surface area contributed by atoms with E-state index in [2.05, 4.69) is 6.07 Å². The molecule has 0 aliphatic rings. The monoisotopic (exact) mass is 311 g/mol. The third-order valence-corrected chi connectivity index (χ3v) is 3.24. The summed E-state index contributed by atoms with van der Waals surface area (Å²) >= 11 is 5.85. The number of allylic oxidation sites excluding steroid dienone is 1. The predicted molar refractivity (Wildman–Crippen MR) is 87.3 cm³/mol. The molecule has 0 aliphatic carbocycles. The molecular weight excluding hydrogens is 298 g/mol. The van der Waals surface area contributed by atoms with Crippen LogP contribution in [0.25, 0.3) is 11.6 Å². The molecule has 0 radical (unpaired) electrons. The number of nitrogens with zero attached hydrogens (tertiary/aromatic N) is 1. The number of benzene rings is 2.